The Morgan fingerprint density at radius 3 is 1.79 bits per heavy atom. The molecule has 8 rings (SSSR count). The van der Waals surface area contributed by atoms with Crippen molar-refractivity contribution < 1.29 is 0 Å². The first-order valence-corrected chi connectivity index (χ1v) is 15.0. The third kappa shape index (κ3) is 3.37. The van der Waals surface area contributed by atoms with Crippen LogP contribution in [-0.4, -0.2) is 0 Å². The van der Waals surface area contributed by atoms with E-state index in [1.807, 2.05) is 0 Å². The highest BCUT2D eigenvalue weighted by molar-refractivity contribution is 6.10. The molecule has 0 fully saturated rings. The van der Waals surface area contributed by atoms with Gasteiger partial charge in [-0.25, -0.2) is 0 Å². The number of benzene rings is 6. The Bertz CT molecular complexity index is 2030. The first kappa shape index (κ1) is 25.1. The number of nitrogens with zero attached hydrogens (tertiary/aromatic N) is 1. The van der Waals surface area contributed by atoms with Crippen LogP contribution in [0.3, 0.4) is 0 Å². The van der Waals surface area contributed by atoms with E-state index in [0.29, 0.717) is 0 Å². The number of fused-ring (bicyclic) bond motifs is 8. The van der Waals surface area contributed by atoms with Crippen LogP contribution in [0.15, 0.2) is 121 Å². The molecule has 0 saturated carbocycles. The lowest BCUT2D eigenvalue weighted by molar-refractivity contribution is 0.652. The third-order valence-electron chi connectivity index (χ3n) is 9.91. The monoisotopic (exact) mass is 541 g/mol. The van der Waals surface area contributed by atoms with Gasteiger partial charge in [-0.2, -0.15) is 0 Å². The molecule has 0 spiro atoms. The maximum absolute atomic E-state index is 2.53. The van der Waals surface area contributed by atoms with Gasteiger partial charge in [0.25, 0.3) is 0 Å². The summed E-state index contributed by atoms with van der Waals surface area (Å²) >= 11 is 0. The van der Waals surface area contributed by atoms with Crippen molar-refractivity contribution in [2.75, 3.05) is 4.90 Å². The van der Waals surface area contributed by atoms with Gasteiger partial charge in [-0.1, -0.05) is 112 Å². The molecule has 0 aliphatic heterocycles. The first-order chi connectivity index (χ1) is 20.3. The predicted octanol–water partition coefficient (Wildman–Crippen LogP) is 11.2. The van der Waals surface area contributed by atoms with Crippen molar-refractivity contribution in [3.05, 3.63) is 149 Å². The zero-order chi connectivity index (χ0) is 28.8. The lowest BCUT2D eigenvalue weighted by Crippen LogP contribution is -2.17. The molecule has 204 valence electrons. The number of hydrogen-bond acceptors (Lipinski definition) is 1. The Labute approximate surface area is 249 Å². The standard InChI is InChI=1S/C41H35N/c1-26-19-21-28(22-20-26)42(27-13-7-6-8-14-27)38-25-37-39(31-17-10-9-16-30(31)38)33-24-35-32(23-36(33)41(37,4)5)29-15-11-12-18-34(29)40(35,2)3/h6-25H,1-5H3. The van der Waals surface area contributed by atoms with Crippen LogP contribution in [-0.2, 0) is 10.8 Å². The molecule has 0 unspecified atom stereocenters. The summed E-state index contributed by atoms with van der Waals surface area (Å²) in [5.41, 5.74) is 15.9. The maximum atomic E-state index is 2.53. The highest BCUT2D eigenvalue weighted by Gasteiger charge is 2.42. The molecule has 6 aromatic rings. The van der Waals surface area contributed by atoms with Crippen LogP contribution in [0.1, 0.15) is 55.5 Å². The van der Waals surface area contributed by atoms with Gasteiger partial charge in [0.05, 0.1) is 5.69 Å². The van der Waals surface area contributed by atoms with Crippen LogP contribution >= 0.6 is 0 Å². The largest absolute Gasteiger partial charge is 0.310 e. The summed E-state index contributed by atoms with van der Waals surface area (Å²) in [7, 11) is 0. The highest BCUT2D eigenvalue weighted by atomic mass is 15.1. The van der Waals surface area contributed by atoms with Crippen molar-refractivity contribution in [1.29, 1.82) is 0 Å². The van der Waals surface area contributed by atoms with Crippen LogP contribution in [0, 0.1) is 6.92 Å². The Kier molecular flexibility index (Phi) is 5.20. The van der Waals surface area contributed by atoms with E-state index >= 15 is 0 Å². The van der Waals surface area contributed by atoms with Crippen molar-refractivity contribution in [2.45, 2.75) is 45.4 Å². The van der Waals surface area contributed by atoms with Crippen LogP contribution < -0.4 is 4.90 Å². The van der Waals surface area contributed by atoms with Gasteiger partial charge in [-0.05, 0) is 99.3 Å². The van der Waals surface area contributed by atoms with Gasteiger partial charge in [0, 0.05) is 27.6 Å². The topological polar surface area (TPSA) is 3.24 Å². The number of rotatable bonds is 3. The van der Waals surface area contributed by atoms with Gasteiger partial charge in [-0.3, -0.25) is 0 Å². The minimum absolute atomic E-state index is 0.0286. The lowest BCUT2D eigenvalue weighted by Gasteiger charge is -2.30. The summed E-state index contributed by atoms with van der Waals surface area (Å²) in [4.78, 5) is 2.43. The Hall–Kier alpha value is -4.62. The van der Waals surface area contributed by atoms with Gasteiger partial charge in [0.15, 0.2) is 0 Å². The van der Waals surface area contributed by atoms with Crippen LogP contribution in [0.4, 0.5) is 17.1 Å². The van der Waals surface area contributed by atoms with Crippen molar-refractivity contribution in [3.8, 4) is 22.3 Å². The summed E-state index contributed by atoms with van der Waals surface area (Å²) in [6, 6.07) is 45.2. The minimum Gasteiger partial charge on any atom is -0.310 e. The van der Waals surface area contributed by atoms with Gasteiger partial charge >= 0.3 is 0 Å². The molecule has 1 nitrogen and oxygen atoms in total. The molecule has 0 atom stereocenters. The molecule has 0 aromatic heterocycles. The van der Waals surface area contributed by atoms with E-state index in [2.05, 4.69) is 161 Å². The Morgan fingerprint density at radius 2 is 1.02 bits per heavy atom. The van der Waals surface area contributed by atoms with E-state index in [9.17, 15) is 0 Å². The van der Waals surface area contributed by atoms with Crippen LogP contribution in [0.5, 0.6) is 0 Å². The molecule has 0 heterocycles. The van der Waals surface area contributed by atoms with E-state index in [0.717, 1.165) is 5.69 Å². The molecule has 1 heteroatoms. The molecule has 6 aromatic carbocycles. The molecule has 0 N–H and O–H groups in total. The quantitative estimate of drug-likeness (QED) is 0.215. The molecule has 2 aliphatic carbocycles. The molecular formula is C41H35N. The second-order valence-corrected chi connectivity index (χ2v) is 13.1. The van der Waals surface area contributed by atoms with Crippen molar-refractivity contribution in [2.24, 2.45) is 0 Å². The predicted molar refractivity (Wildman–Crippen MR) is 178 cm³/mol. The second kappa shape index (κ2) is 8.69. The zero-order valence-electron chi connectivity index (χ0n) is 25.0. The van der Waals surface area contributed by atoms with Crippen molar-refractivity contribution in [3.63, 3.8) is 0 Å². The molecule has 0 amide bonds. The summed E-state index contributed by atoms with van der Waals surface area (Å²) in [5.74, 6) is 0. The first-order valence-electron chi connectivity index (χ1n) is 15.0. The van der Waals surface area contributed by atoms with Crippen LogP contribution in [0.2, 0.25) is 0 Å². The number of hydrogen-bond donors (Lipinski definition) is 0. The SMILES string of the molecule is Cc1ccc(N(c2ccccc2)c2cc3c(c4ccccc24)-c2cc4c(cc2C3(C)C)-c2ccccc2C4(C)C)cc1. The lowest BCUT2D eigenvalue weighted by atomic mass is 9.79. The number of para-hydroxylation sites is 1. The van der Waals surface area contributed by atoms with E-state index in [1.54, 1.807) is 0 Å². The Morgan fingerprint density at radius 1 is 0.452 bits per heavy atom. The molecule has 0 radical (unpaired) electrons. The third-order valence-corrected chi connectivity index (χ3v) is 9.91. The van der Waals surface area contributed by atoms with Crippen LogP contribution in [0.25, 0.3) is 33.0 Å². The number of aryl methyl sites for hydroxylation is 1. The molecular weight excluding hydrogens is 506 g/mol. The molecule has 2 aliphatic rings. The van der Waals surface area contributed by atoms with Gasteiger partial charge in [0.1, 0.15) is 0 Å². The average molecular weight is 542 g/mol. The van der Waals surface area contributed by atoms with E-state index in [1.165, 1.54) is 72.2 Å². The van der Waals surface area contributed by atoms with E-state index < -0.39 is 0 Å². The molecule has 0 saturated heterocycles. The van der Waals surface area contributed by atoms with Crippen molar-refractivity contribution in [1.82, 2.24) is 0 Å². The second-order valence-electron chi connectivity index (χ2n) is 13.1. The summed E-state index contributed by atoms with van der Waals surface area (Å²) in [5, 5.41) is 2.59. The van der Waals surface area contributed by atoms with E-state index in [-0.39, 0.29) is 10.8 Å². The fraction of sp³-hybridized carbons (Fsp3) is 0.171. The maximum Gasteiger partial charge on any atom is 0.0543 e. The average Bonchev–Trinajstić information content (AvgIpc) is 3.37. The fourth-order valence-corrected chi connectivity index (χ4v) is 7.64. The van der Waals surface area contributed by atoms with Crippen molar-refractivity contribution >= 4 is 27.8 Å². The normalized spacial score (nSPS) is 15.2. The zero-order valence-corrected chi connectivity index (χ0v) is 25.0. The highest BCUT2D eigenvalue weighted by Crippen LogP contribution is 2.58. The number of anilines is 3. The molecule has 42 heavy (non-hydrogen) atoms. The summed E-state index contributed by atoms with van der Waals surface area (Å²) < 4.78 is 0. The summed E-state index contributed by atoms with van der Waals surface area (Å²) in [6.07, 6.45) is 0. The van der Waals surface area contributed by atoms with Gasteiger partial charge in [-0.15, -0.1) is 0 Å². The van der Waals surface area contributed by atoms with E-state index in [4.69, 9.17) is 0 Å². The molecule has 0 bridgehead atoms. The van der Waals surface area contributed by atoms with Gasteiger partial charge < -0.3 is 4.90 Å². The van der Waals surface area contributed by atoms with Gasteiger partial charge in [0.2, 0.25) is 0 Å². The fourth-order valence-electron chi connectivity index (χ4n) is 7.64. The Balaban J connectivity index is 1.43. The smallest absolute Gasteiger partial charge is 0.0543 e. The summed E-state index contributed by atoms with van der Waals surface area (Å²) in [6.45, 7) is 11.7. The minimum atomic E-state index is -0.143.